The van der Waals surface area contributed by atoms with Gasteiger partial charge in [0.2, 0.25) is 0 Å². The largest absolute Gasteiger partial charge is 0.480 e. The second-order valence-electron chi connectivity index (χ2n) is 5.27. The van der Waals surface area contributed by atoms with Crippen molar-refractivity contribution in [1.82, 2.24) is 15.5 Å². The summed E-state index contributed by atoms with van der Waals surface area (Å²) >= 11 is 0. The molecule has 0 bridgehead atoms. The molecule has 0 aliphatic heterocycles. The van der Waals surface area contributed by atoms with E-state index >= 15 is 0 Å². The van der Waals surface area contributed by atoms with Gasteiger partial charge in [0.1, 0.15) is 6.04 Å². The van der Waals surface area contributed by atoms with Crippen LogP contribution in [0.15, 0.2) is 0 Å². The number of hydrogen-bond donors (Lipinski definition) is 3. The third-order valence-corrected chi connectivity index (χ3v) is 3.49. The Labute approximate surface area is 111 Å². The van der Waals surface area contributed by atoms with Crippen LogP contribution in [0.3, 0.4) is 0 Å². The van der Waals surface area contributed by atoms with E-state index in [-0.39, 0.29) is 5.92 Å². The van der Waals surface area contributed by atoms with Crippen molar-refractivity contribution in [2.24, 2.45) is 5.92 Å². The summed E-state index contributed by atoms with van der Waals surface area (Å²) in [6, 6.07) is -0.886. The van der Waals surface area contributed by atoms with Gasteiger partial charge in [0.25, 0.3) is 5.91 Å². The number of carboxylic acids is 1. The third kappa shape index (κ3) is 2.77. The molecule has 0 radical (unpaired) electrons. The fourth-order valence-electron chi connectivity index (χ4n) is 2.39. The molecule has 1 aliphatic carbocycles. The summed E-state index contributed by atoms with van der Waals surface area (Å²) in [5, 5.41) is 18.6. The van der Waals surface area contributed by atoms with E-state index in [1.807, 2.05) is 0 Å². The van der Waals surface area contributed by atoms with Crippen LogP contribution in [0.1, 0.15) is 48.4 Å². The minimum absolute atomic E-state index is 0.170. The molecule has 1 aliphatic rings. The highest BCUT2D eigenvalue weighted by atomic mass is 16.4. The van der Waals surface area contributed by atoms with Crippen molar-refractivity contribution in [2.45, 2.75) is 45.6 Å². The van der Waals surface area contributed by atoms with Gasteiger partial charge in [0, 0.05) is 11.3 Å². The maximum atomic E-state index is 12.1. The van der Waals surface area contributed by atoms with Gasteiger partial charge in [-0.15, -0.1) is 0 Å². The third-order valence-electron chi connectivity index (χ3n) is 3.49. The molecular formula is C13H19N3O3. The Balaban J connectivity index is 2.16. The summed E-state index contributed by atoms with van der Waals surface area (Å²) in [5.74, 6) is -1.59. The average Bonchev–Trinajstić information content (AvgIpc) is 2.78. The van der Waals surface area contributed by atoms with Crippen LogP contribution in [0.5, 0.6) is 0 Å². The van der Waals surface area contributed by atoms with E-state index in [9.17, 15) is 9.59 Å². The van der Waals surface area contributed by atoms with Gasteiger partial charge in [-0.2, -0.15) is 5.10 Å². The van der Waals surface area contributed by atoms with Crippen molar-refractivity contribution < 1.29 is 14.7 Å². The van der Waals surface area contributed by atoms with Crippen molar-refractivity contribution in [3.63, 3.8) is 0 Å². The molecule has 6 nitrogen and oxygen atoms in total. The number of nitrogens with one attached hydrogen (secondary N) is 2. The summed E-state index contributed by atoms with van der Waals surface area (Å²) in [5.41, 5.74) is 2.30. The van der Waals surface area contributed by atoms with E-state index in [1.54, 1.807) is 13.8 Å². The molecule has 1 amide bonds. The summed E-state index contributed by atoms with van der Waals surface area (Å²) in [6.45, 7) is 3.53. The molecule has 2 rings (SSSR count). The lowest BCUT2D eigenvalue weighted by Gasteiger charge is -2.18. The predicted molar refractivity (Wildman–Crippen MR) is 69.0 cm³/mol. The van der Waals surface area contributed by atoms with Crippen molar-refractivity contribution >= 4 is 11.9 Å². The van der Waals surface area contributed by atoms with Gasteiger partial charge >= 0.3 is 5.97 Å². The van der Waals surface area contributed by atoms with Crippen LogP contribution >= 0.6 is 0 Å². The highest BCUT2D eigenvalue weighted by molar-refractivity contribution is 5.96. The lowest BCUT2D eigenvalue weighted by atomic mass is 9.95. The van der Waals surface area contributed by atoms with Crippen molar-refractivity contribution in [3.8, 4) is 0 Å². The zero-order chi connectivity index (χ0) is 14.0. The lowest BCUT2D eigenvalue weighted by Crippen LogP contribution is -2.44. The van der Waals surface area contributed by atoms with Crippen LogP contribution in [0.4, 0.5) is 0 Å². The molecule has 1 heterocycles. The fourth-order valence-corrected chi connectivity index (χ4v) is 2.39. The summed E-state index contributed by atoms with van der Waals surface area (Å²) in [7, 11) is 0. The number of amides is 1. The van der Waals surface area contributed by atoms with Gasteiger partial charge in [-0.3, -0.25) is 9.89 Å². The molecule has 1 atom stereocenters. The number of aliphatic carboxylic acids is 1. The number of fused-ring (bicyclic) bond motifs is 1. The molecule has 0 spiro atoms. The second kappa shape index (κ2) is 5.42. The predicted octanol–water partition coefficient (Wildman–Crippen LogP) is 1.13. The molecule has 19 heavy (non-hydrogen) atoms. The molecular weight excluding hydrogens is 246 g/mol. The van der Waals surface area contributed by atoms with Crippen LogP contribution in [-0.2, 0) is 17.6 Å². The van der Waals surface area contributed by atoms with Gasteiger partial charge < -0.3 is 10.4 Å². The molecule has 104 valence electrons. The monoisotopic (exact) mass is 265 g/mol. The topological polar surface area (TPSA) is 95.1 Å². The normalized spacial score (nSPS) is 15.9. The Bertz CT molecular complexity index is 493. The van der Waals surface area contributed by atoms with Crippen molar-refractivity contribution in [2.75, 3.05) is 0 Å². The van der Waals surface area contributed by atoms with Crippen LogP contribution in [0.25, 0.3) is 0 Å². The first-order valence-electron chi connectivity index (χ1n) is 6.60. The standard InChI is InChI=1S/C13H19N3O3/c1-7(2)10(13(18)19)14-12(17)11-8-5-3-4-6-9(8)15-16-11/h7,10H,3-6H2,1-2H3,(H,14,17)(H,15,16)(H,18,19)/t10-/m0/s1. The number of carbonyl (C=O) groups excluding carboxylic acids is 1. The minimum atomic E-state index is -1.02. The fraction of sp³-hybridized carbons (Fsp3) is 0.615. The maximum absolute atomic E-state index is 12.1. The number of H-pyrrole nitrogens is 1. The molecule has 0 unspecified atom stereocenters. The van der Waals surface area contributed by atoms with Gasteiger partial charge in [0.15, 0.2) is 5.69 Å². The van der Waals surface area contributed by atoms with E-state index in [4.69, 9.17) is 5.11 Å². The van der Waals surface area contributed by atoms with Crippen LogP contribution in [0.2, 0.25) is 0 Å². The highest BCUT2D eigenvalue weighted by Gasteiger charge is 2.27. The van der Waals surface area contributed by atoms with E-state index in [0.717, 1.165) is 36.9 Å². The number of aryl methyl sites for hydroxylation is 1. The summed E-state index contributed by atoms with van der Waals surface area (Å²) in [4.78, 5) is 23.2. The Morgan fingerprint density at radius 1 is 1.32 bits per heavy atom. The van der Waals surface area contributed by atoms with Gasteiger partial charge in [0.05, 0.1) is 0 Å². The second-order valence-corrected chi connectivity index (χ2v) is 5.27. The summed E-state index contributed by atoms with van der Waals surface area (Å²) < 4.78 is 0. The number of rotatable bonds is 4. The minimum Gasteiger partial charge on any atom is -0.480 e. The van der Waals surface area contributed by atoms with Crippen molar-refractivity contribution in [1.29, 1.82) is 0 Å². The van der Waals surface area contributed by atoms with E-state index in [1.165, 1.54) is 0 Å². The molecule has 6 heteroatoms. The number of hydrogen-bond acceptors (Lipinski definition) is 3. The number of nitrogens with zero attached hydrogens (tertiary/aromatic N) is 1. The zero-order valence-electron chi connectivity index (χ0n) is 11.2. The Kier molecular flexibility index (Phi) is 3.87. The maximum Gasteiger partial charge on any atom is 0.326 e. The van der Waals surface area contributed by atoms with Crippen LogP contribution < -0.4 is 5.32 Å². The smallest absolute Gasteiger partial charge is 0.326 e. The SMILES string of the molecule is CC(C)[C@H](NC(=O)c1n[nH]c2c1CCCC2)C(=O)O. The van der Waals surface area contributed by atoms with E-state index < -0.39 is 17.9 Å². The van der Waals surface area contributed by atoms with E-state index in [2.05, 4.69) is 15.5 Å². The first kappa shape index (κ1) is 13.6. The van der Waals surface area contributed by atoms with Gasteiger partial charge in [-0.25, -0.2) is 4.79 Å². The molecule has 1 aromatic rings. The first-order chi connectivity index (χ1) is 9.00. The molecule has 0 saturated carbocycles. The van der Waals surface area contributed by atoms with E-state index in [0.29, 0.717) is 5.69 Å². The molecule has 0 aromatic carbocycles. The van der Waals surface area contributed by atoms with Gasteiger partial charge in [-0.05, 0) is 31.6 Å². The number of aromatic amines is 1. The first-order valence-corrected chi connectivity index (χ1v) is 6.60. The van der Waals surface area contributed by atoms with Crippen LogP contribution in [-0.4, -0.2) is 33.2 Å². The Hall–Kier alpha value is -1.85. The Morgan fingerprint density at radius 2 is 2.00 bits per heavy atom. The lowest BCUT2D eigenvalue weighted by molar-refractivity contribution is -0.140. The molecule has 1 aromatic heterocycles. The quantitative estimate of drug-likeness (QED) is 0.760. The highest BCUT2D eigenvalue weighted by Crippen LogP contribution is 2.22. The average molecular weight is 265 g/mol. The summed E-state index contributed by atoms with van der Waals surface area (Å²) in [6.07, 6.45) is 3.87. The number of carbonyl (C=O) groups is 2. The zero-order valence-corrected chi connectivity index (χ0v) is 11.2. The molecule has 0 saturated heterocycles. The van der Waals surface area contributed by atoms with Gasteiger partial charge in [-0.1, -0.05) is 13.8 Å². The molecule has 3 N–H and O–H groups in total. The van der Waals surface area contributed by atoms with Crippen molar-refractivity contribution in [3.05, 3.63) is 17.0 Å². The number of aromatic nitrogens is 2. The number of carboxylic acid groups (broad SMARTS) is 1. The molecule has 0 fully saturated rings. The van der Waals surface area contributed by atoms with Crippen LogP contribution in [0, 0.1) is 5.92 Å². The Morgan fingerprint density at radius 3 is 2.63 bits per heavy atom.